The van der Waals surface area contributed by atoms with Crippen LogP contribution >= 0.6 is 0 Å². The van der Waals surface area contributed by atoms with Crippen LogP contribution in [0.2, 0.25) is 0 Å². The minimum absolute atomic E-state index is 0.760. The highest BCUT2D eigenvalue weighted by Crippen LogP contribution is 2.08. The molecule has 1 saturated heterocycles. The van der Waals surface area contributed by atoms with Gasteiger partial charge in [-0.05, 0) is 32.2 Å². The standard InChI is InChI=1S/C15H33N3/c1-5-15(4)18-12-10-17(11-13-18)9-8-16-7-6-14(2)3/h14-16H,5-13H2,1-4H3. The van der Waals surface area contributed by atoms with Gasteiger partial charge in [-0.3, -0.25) is 9.80 Å². The van der Waals surface area contributed by atoms with E-state index in [0.29, 0.717) is 0 Å². The summed E-state index contributed by atoms with van der Waals surface area (Å²) < 4.78 is 0. The quantitative estimate of drug-likeness (QED) is 0.670. The zero-order valence-corrected chi connectivity index (χ0v) is 12.9. The lowest BCUT2D eigenvalue weighted by Gasteiger charge is -2.37. The van der Waals surface area contributed by atoms with E-state index in [1.54, 1.807) is 0 Å². The molecule has 1 atom stereocenters. The minimum atomic E-state index is 0.760. The van der Waals surface area contributed by atoms with Crippen molar-refractivity contribution in [1.29, 1.82) is 0 Å². The van der Waals surface area contributed by atoms with Gasteiger partial charge < -0.3 is 5.32 Å². The monoisotopic (exact) mass is 255 g/mol. The molecule has 3 heteroatoms. The molecule has 1 aliphatic heterocycles. The van der Waals surface area contributed by atoms with Crippen molar-refractivity contribution in [2.24, 2.45) is 5.92 Å². The van der Waals surface area contributed by atoms with E-state index in [0.717, 1.165) is 18.5 Å². The van der Waals surface area contributed by atoms with E-state index in [1.165, 1.54) is 52.1 Å². The predicted molar refractivity (Wildman–Crippen MR) is 80.1 cm³/mol. The van der Waals surface area contributed by atoms with Gasteiger partial charge >= 0.3 is 0 Å². The zero-order chi connectivity index (χ0) is 13.4. The lowest BCUT2D eigenvalue weighted by molar-refractivity contribution is 0.101. The smallest absolute Gasteiger partial charge is 0.0113 e. The molecule has 0 aromatic rings. The molecular weight excluding hydrogens is 222 g/mol. The molecule has 1 N–H and O–H groups in total. The lowest BCUT2D eigenvalue weighted by Crippen LogP contribution is -2.50. The Bertz CT molecular complexity index is 198. The maximum atomic E-state index is 3.55. The third kappa shape index (κ3) is 6.17. The van der Waals surface area contributed by atoms with Crippen LogP contribution in [0.3, 0.4) is 0 Å². The Morgan fingerprint density at radius 3 is 2.22 bits per heavy atom. The van der Waals surface area contributed by atoms with Gasteiger partial charge in [-0.1, -0.05) is 20.8 Å². The Morgan fingerprint density at radius 1 is 1.00 bits per heavy atom. The number of rotatable bonds is 8. The second kappa shape index (κ2) is 8.89. The average molecular weight is 255 g/mol. The number of piperazine rings is 1. The lowest BCUT2D eigenvalue weighted by atomic mass is 10.1. The fraction of sp³-hybridized carbons (Fsp3) is 1.00. The molecule has 0 spiro atoms. The van der Waals surface area contributed by atoms with Crippen molar-refractivity contribution in [2.45, 2.75) is 46.6 Å². The zero-order valence-electron chi connectivity index (χ0n) is 12.9. The summed E-state index contributed by atoms with van der Waals surface area (Å²) in [6.45, 7) is 17.7. The van der Waals surface area contributed by atoms with E-state index in [-0.39, 0.29) is 0 Å². The molecule has 1 fully saturated rings. The van der Waals surface area contributed by atoms with Gasteiger partial charge in [-0.2, -0.15) is 0 Å². The Balaban J connectivity index is 2.02. The molecule has 0 aromatic heterocycles. The van der Waals surface area contributed by atoms with Crippen LogP contribution in [0.25, 0.3) is 0 Å². The van der Waals surface area contributed by atoms with Crippen molar-refractivity contribution in [3.8, 4) is 0 Å². The summed E-state index contributed by atoms with van der Waals surface area (Å²) in [6, 6.07) is 0.760. The molecule has 0 aromatic carbocycles. The third-order valence-corrected chi connectivity index (χ3v) is 4.12. The number of hydrogen-bond donors (Lipinski definition) is 1. The average Bonchev–Trinajstić information content (AvgIpc) is 2.38. The number of nitrogens with one attached hydrogen (secondary N) is 1. The van der Waals surface area contributed by atoms with Gasteiger partial charge in [0.15, 0.2) is 0 Å². The molecular formula is C15H33N3. The summed E-state index contributed by atoms with van der Waals surface area (Å²) in [5, 5.41) is 3.55. The molecule has 0 amide bonds. The second-order valence-electron chi connectivity index (χ2n) is 6.07. The SMILES string of the molecule is CCC(C)N1CCN(CCNCCC(C)C)CC1. The first kappa shape index (κ1) is 15.9. The van der Waals surface area contributed by atoms with Gasteiger partial charge in [0.1, 0.15) is 0 Å². The highest BCUT2D eigenvalue weighted by atomic mass is 15.3. The first-order chi connectivity index (χ1) is 8.63. The van der Waals surface area contributed by atoms with Crippen LogP contribution in [0.15, 0.2) is 0 Å². The summed E-state index contributed by atoms with van der Waals surface area (Å²) >= 11 is 0. The van der Waals surface area contributed by atoms with Crippen LogP contribution in [0, 0.1) is 5.92 Å². The summed E-state index contributed by atoms with van der Waals surface area (Å²) in [7, 11) is 0. The molecule has 1 unspecified atom stereocenters. The van der Waals surface area contributed by atoms with Crippen molar-refractivity contribution in [1.82, 2.24) is 15.1 Å². The Kier molecular flexibility index (Phi) is 7.87. The molecule has 0 radical (unpaired) electrons. The molecule has 18 heavy (non-hydrogen) atoms. The van der Waals surface area contributed by atoms with Gasteiger partial charge in [0.05, 0.1) is 0 Å². The molecule has 0 bridgehead atoms. The number of hydrogen-bond acceptors (Lipinski definition) is 3. The van der Waals surface area contributed by atoms with Gasteiger partial charge in [0.25, 0.3) is 0 Å². The molecule has 0 saturated carbocycles. The Hall–Kier alpha value is -0.120. The molecule has 1 heterocycles. The minimum Gasteiger partial charge on any atom is -0.315 e. The van der Waals surface area contributed by atoms with Crippen LogP contribution in [0.5, 0.6) is 0 Å². The van der Waals surface area contributed by atoms with E-state index in [1.807, 2.05) is 0 Å². The number of nitrogens with zero attached hydrogens (tertiary/aromatic N) is 2. The maximum absolute atomic E-state index is 3.55. The van der Waals surface area contributed by atoms with Gasteiger partial charge in [-0.15, -0.1) is 0 Å². The van der Waals surface area contributed by atoms with Crippen LogP contribution < -0.4 is 5.32 Å². The van der Waals surface area contributed by atoms with Crippen LogP contribution in [0.1, 0.15) is 40.5 Å². The molecule has 0 aliphatic carbocycles. The summed E-state index contributed by atoms with van der Waals surface area (Å²) in [5.41, 5.74) is 0. The molecule has 1 aliphatic rings. The topological polar surface area (TPSA) is 18.5 Å². The van der Waals surface area contributed by atoms with Crippen LogP contribution in [-0.2, 0) is 0 Å². The maximum Gasteiger partial charge on any atom is 0.0113 e. The molecule has 3 nitrogen and oxygen atoms in total. The van der Waals surface area contributed by atoms with Crippen LogP contribution in [-0.4, -0.2) is 61.7 Å². The fourth-order valence-electron chi connectivity index (χ4n) is 2.44. The first-order valence-electron chi connectivity index (χ1n) is 7.80. The largest absolute Gasteiger partial charge is 0.315 e. The van der Waals surface area contributed by atoms with E-state index >= 15 is 0 Å². The van der Waals surface area contributed by atoms with Crippen molar-refractivity contribution in [3.05, 3.63) is 0 Å². The summed E-state index contributed by atoms with van der Waals surface area (Å²) in [6.07, 6.45) is 2.57. The Labute approximate surface area is 114 Å². The third-order valence-electron chi connectivity index (χ3n) is 4.12. The fourth-order valence-corrected chi connectivity index (χ4v) is 2.44. The highest BCUT2D eigenvalue weighted by molar-refractivity contribution is 4.75. The van der Waals surface area contributed by atoms with Crippen molar-refractivity contribution in [3.63, 3.8) is 0 Å². The predicted octanol–water partition coefficient (Wildman–Crippen LogP) is 2.04. The van der Waals surface area contributed by atoms with E-state index in [9.17, 15) is 0 Å². The summed E-state index contributed by atoms with van der Waals surface area (Å²) in [5.74, 6) is 0.816. The van der Waals surface area contributed by atoms with Gasteiger partial charge in [-0.25, -0.2) is 0 Å². The van der Waals surface area contributed by atoms with Crippen LogP contribution in [0.4, 0.5) is 0 Å². The molecule has 1 rings (SSSR count). The summed E-state index contributed by atoms with van der Waals surface area (Å²) in [4.78, 5) is 5.23. The normalized spacial score (nSPS) is 20.5. The Morgan fingerprint density at radius 2 is 1.67 bits per heavy atom. The van der Waals surface area contributed by atoms with Gasteiger partial charge in [0, 0.05) is 45.3 Å². The first-order valence-corrected chi connectivity index (χ1v) is 7.80. The highest BCUT2D eigenvalue weighted by Gasteiger charge is 2.19. The van der Waals surface area contributed by atoms with Crippen molar-refractivity contribution >= 4 is 0 Å². The van der Waals surface area contributed by atoms with Crippen molar-refractivity contribution in [2.75, 3.05) is 45.8 Å². The van der Waals surface area contributed by atoms with E-state index < -0.39 is 0 Å². The van der Waals surface area contributed by atoms with E-state index in [2.05, 4.69) is 42.8 Å². The van der Waals surface area contributed by atoms with Gasteiger partial charge in [0.2, 0.25) is 0 Å². The molecule has 108 valence electrons. The second-order valence-corrected chi connectivity index (χ2v) is 6.07. The van der Waals surface area contributed by atoms with E-state index in [4.69, 9.17) is 0 Å². The van der Waals surface area contributed by atoms with Crippen molar-refractivity contribution < 1.29 is 0 Å².